The highest BCUT2D eigenvalue weighted by atomic mass is 127. The van der Waals surface area contributed by atoms with Gasteiger partial charge in [0.15, 0.2) is 11.6 Å². The maximum atomic E-state index is 13.5. The fourth-order valence-electron chi connectivity index (χ4n) is 1.61. The molecule has 2 aromatic rings. The zero-order chi connectivity index (χ0) is 14.7. The fraction of sp³-hybridized carbons (Fsp3) is 0. The summed E-state index contributed by atoms with van der Waals surface area (Å²) >= 11 is 2.09. The van der Waals surface area contributed by atoms with Crippen molar-refractivity contribution in [2.24, 2.45) is 5.84 Å². The second-order valence-electron chi connectivity index (χ2n) is 3.92. The lowest BCUT2D eigenvalue weighted by molar-refractivity contribution is 0.102. The first kappa shape index (κ1) is 14.7. The summed E-state index contributed by atoms with van der Waals surface area (Å²) in [4.78, 5) is 11.9. The molecule has 7 heteroatoms. The molecular formula is C13H10F2IN3O. The van der Waals surface area contributed by atoms with Crippen molar-refractivity contribution in [3.05, 3.63) is 57.2 Å². The van der Waals surface area contributed by atoms with Crippen LogP contribution in [0.2, 0.25) is 0 Å². The van der Waals surface area contributed by atoms with Crippen LogP contribution in [0.1, 0.15) is 10.4 Å². The Morgan fingerprint density at radius 3 is 2.35 bits per heavy atom. The number of nitrogens with two attached hydrogens (primary N) is 1. The highest BCUT2D eigenvalue weighted by molar-refractivity contribution is 14.1. The summed E-state index contributed by atoms with van der Waals surface area (Å²) < 4.78 is 28.0. The lowest BCUT2D eigenvalue weighted by Gasteiger charge is -2.08. The van der Waals surface area contributed by atoms with Crippen LogP contribution in [0, 0.1) is 15.2 Å². The number of benzene rings is 2. The van der Waals surface area contributed by atoms with E-state index in [0.717, 1.165) is 15.7 Å². The molecule has 0 spiro atoms. The van der Waals surface area contributed by atoms with Gasteiger partial charge < -0.3 is 10.7 Å². The van der Waals surface area contributed by atoms with E-state index in [9.17, 15) is 13.6 Å². The van der Waals surface area contributed by atoms with Gasteiger partial charge in [0.25, 0.3) is 5.91 Å². The summed E-state index contributed by atoms with van der Waals surface area (Å²) in [5.41, 5.74) is 1.85. The van der Waals surface area contributed by atoms with E-state index in [2.05, 4.69) is 27.9 Å². The molecule has 2 aromatic carbocycles. The van der Waals surface area contributed by atoms with Crippen LogP contribution >= 0.6 is 22.6 Å². The van der Waals surface area contributed by atoms with Crippen molar-refractivity contribution in [1.82, 2.24) is 0 Å². The van der Waals surface area contributed by atoms with E-state index in [4.69, 9.17) is 5.84 Å². The molecule has 0 saturated heterocycles. The molecule has 0 saturated carbocycles. The first-order valence-corrected chi connectivity index (χ1v) is 6.61. The number of rotatable bonds is 3. The molecule has 4 N–H and O–H groups in total. The minimum Gasteiger partial charge on any atom is -0.322 e. The quantitative estimate of drug-likeness (QED) is 0.430. The summed E-state index contributed by atoms with van der Waals surface area (Å²) in [5, 5.41) is 2.56. The van der Waals surface area contributed by atoms with Gasteiger partial charge in [-0.3, -0.25) is 10.6 Å². The molecule has 0 unspecified atom stereocenters. The van der Waals surface area contributed by atoms with Crippen molar-refractivity contribution < 1.29 is 13.6 Å². The van der Waals surface area contributed by atoms with Gasteiger partial charge in [-0.05, 0) is 52.9 Å². The number of hydrogen-bond donors (Lipinski definition) is 3. The number of amides is 1. The second kappa shape index (κ2) is 6.14. The first-order valence-electron chi connectivity index (χ1n) is 5.54. The summed E-state index contributed by atoms with van der Waals surface area (Å²) in [6, 6.07) is 8.88. The standard InChI is InChI=1S/C13H10F2IN3O/c14-10-4-7(5-11(15)12(10)19-17)13(20)18-9-3-1-2-8(16)6-9/h1-6,19H,17H2,(H,18,20). The van der Waals surface area contributed by atoms with Gasteiger partial charge in [-0.25, -0.2) is 8.78 Å². The Morgan fingerprint density at radius 1 is 1.15 bits per heavy atom. The number of hydrogen-bond acceptors (Lipinski definition) is 3. The fourth-order valence-corrected chi connectivity index (χ4v) is 2.15. The van der Waals surface area contributed by atoms with Crippen LogP contribution in [0.25, 0.3) is 0 Å². The van der Waals surface area contributed by atoms with Gasteiger partial charge in [-0.1, -0.05) is 6.07 Å². The Kier molecular flexibility index (Phi) is 4.50. The largest absolute Gasteiger partial charge is 0.322 e. The Bertz CT molecular complexity index is 641. The van der Waals surface area contributed by atoms with Gasteiger partial charge >= 0.3 is 0 Å². The molecule has 0 fully saturated rings. The lowest BCUT2D eigenvalue weighted by Crippen LogP contribution is -2.15. The molecule has 2 rings (SSSR count). The van der Waals surface area contributed by atoms with Crippen molar-refractivity contribution in [3.63, 3.8) is 0 Å². The Hall–Kier alpha value is -1.74. The van der Waals surface area contributed by atoms with Crippen LogP contribution in [0.4, 0.5) is 20.2 Å². The van der Waals surface area contributed by atoms with Crippen LogP contribution < -0.4 is 16.6 Å². The molecule has 104 valence electrons. The summed E-state index contributed by atoms with van der Waals surface area (Å²) in [6.07, 6.45) is 0. The predicted molar refractivity (Wildman–Crippen MR) is 81.3 cm³/mol. The highest BCUT2D eigenvalue weighted by Gasteiger charge is 2.14. The van der Waals surface area contributed by atoms with Crippen molar-refractivity contribution in [2.75, 3.05) is 10.7 Å². The van der Waals surface area contributed by atoms with Crippen molar-refractivity contribution in [3.8, 4) is 0 Å². The third-order valence-electron chi connectivity index (χ3n) is 2.53. The van der Waals surface area contributed by atoms with Gasteiger partial charge in [0.1, 0.15) is 5.69 Å². The third-order valence-corrected chi connectivity index (χ3v) is 3.20. The zero-order valence-corrected chi connectivity index (χ0v) is 12.2. The van der Waals surface area contributed by atoms with Crippen LogP contribution in [-0.4, -0.2) is 5.91 Å². The number of halogens is 3. The number of anilines is 2. The van der Waals surface area contributed by atoms with Crippen molar-refractivity contribution >= 4 is 39.9 Å². The SMILES string of the molecule is NNc1c(F)cc(C(=O)Nc2cccc(I)c2)cc1F. The average Bonchev–Trinajstić information content (AvgIpc) is 2.38. The number of nitrogens with one attached hydrogen (secondary N) is 2. The van der Waals surface area contributed by atoms with Crippen molar-refractivity contribution in [2.45, 2.75) is 0 Å². The first-order chi connectivity index (χ1) is 9.51. The van der Waals surface area contributed by atoms with Gasteiger partial charge in [0, 0.05) is 14.8 Å². The van der Waals surface area contributed by atoms with E-state index in [1.807, 2.05) is 11.5 Å². The molecular weight excluding hydrogens is 379 g/mol. The van der Waals surface area contributed by atoms with Gasteiger partial charge in [-0.15, -0.1) is 0 Å². The lowest BCUT2D eigenvalue weighted by atomic mass is 10.1. The number of carbonyl (C=O) groups excluding carboxylic acids is 1. The van der Waals surface area contributed by atoms with E-state index >= 15 is 0 Å². The minimum atomic E-state index is -0.930. The maximum absolute atomic E-state index is 13.5. The van der Waals surface area contributed by atoms with E-state index in [-0.39, 0.29) is 5.56 Å². The smallest absolute Gasteiger partial charge is 0.255 e. The molecule has 0 bridgehead atoms. The molecule has 0 aromatic heterocycles. The Morgan fingerprint density at radius 2 is 1.80 bits per heavy atom. The second-order valence-corrected chi connectivity index (χ2v) is 5.17. The monoisotopic (exact) mass is 389 g/mol. The topological polar surface area (TPSA) is 67.1 Å². The van der Waals surface area contributed by atoms with E-state index < -0.39 is 23.2 Å². The van der Waals surface area contributed by atoms with Crippen LogP contribution in [0.3, 0.4) is 0 Å². The minimum absolute atomic E-state index is 0.127. The molecule has 0 aliphatic heterocycles. The zero-order valence-electron chi connectivity index (χ0n) is 10.1. The molecule has 0 heterocycles. The number of nitrogen functional groups attached to an aromatic ring is 1. The third kappa shape index (κ3) is 3.23. The van der Waals surface area contributed by atoms with Gasteiger partial charge in [0.05, 0.1) is 0 Å². The van der Waals surface area contributed by atoms with Gasteiger partial charge in [0.2, 0.25) is 0 Å². The van der Waals surface area contributed by atoms with Crippen LogP contribution in [-0.2, 0) is 0 Å². The molecule has 20 heavy (non-hydrogen) atoms. The van der Waals surface area contributed by atoms with Crippen LogP contribution in [0.5, 0.6) is 0 Å². The average molecular weight is 389 g/mol. The van der Waals surface area contributed by atoms with E-state index in [1.165, 1.54) is 0 Å². The van der Waals surface area contributed by atoms with Crippen molar-refractivity contribution in [1.29, 1.82) is 0 Å². The van der Waals surface area contributed by atoms with Gasteiger partial charge in [-0.2, -0.15) is 0 Å². The normalized spacial score (nSPS) is 10.2. The highest BCUT2D eigenvalue weighted by Crippen LogP contribution is 2.21. The molecule has 0 aliphatic carbocycles. The molecule has 0 atom stereocenters. The Labute approximate surface area is 127 Å². The summed E-state index contributed by atoms with van der Waals surface area (Å²) in [5.74, 6) is 2.52. The molecule has 4 nitrogen and oxygen atoms in total. The molecule has 0 aliphatic rings. The molecule has 1 amide bonds. The summed E-state index contributed by atoms with van der Waals surface area (Å²) in [6.45, 7) is 0. The Balaban J connectivity index is 2.26. The predicted octanol–water partition coefficient (Wildman–Crippen LogP) is 3.11. The maximum Gasteiger partial charge on any atom is 0.255 e. The summed E-state index contributed by atoms with van der Waals surface area (Å²) in [7, 11) is 0. The molecule has 0 radical (unpaired) electrons. The van der Waals surface area contributed by atoms with Crippen LogP contribution in [0.15, 0.2) is 36.4 Å². The van der Waals surface area contributed by atoms with E-state index in [0.29, 0.717) is 5.69 Å². The van der Waals surface area contributed by atoms with E-state index in [1.54, 1.807) is 18.2 Å². The number of carbonyl (C=O) groups is 1. The number of hydrazine groups is 1.